The summed E-state index contributed by atoms with van der Waals surface area (Å²) in [7, 11) is 1.34. The van der Waals surface area contributed by atoms with E-state index in [1.165, 1.54) is 7.11 Å². The lowest BCUT2D eigenvalue weighted by Gasteiger charge is -2.12. The number of ether oxygens (including phenoxy) is 2. The number of carbonyl (C=O) groups excluding carboxylic acids is 2. The minimum absolute atomic E-state index is 0.329. The van der Waals surface area contributed by atoms with Crippen LogP contribution in [0.2, 0.25) is 0 Å². The molecule has 2 amide bonds. The molecular weight excluding hydrogens is 320 g/mol. The summed E-state index contributed by atoms with van der Waals surface area (Å²) >= 11 is 0. The van der Waals surface area contributed by atoms with E-state index < -0.39 is 0 Å². The normalized spacial score (nSPS) is 10.0. The van der Waals surface area contributed by atoms with E-state index in [1.54, 1.807) is 30.3 Å². The number of carbonyl (C=O) groups is 2. The van der Waals surface area contributed by atoms with Gasteiger partial charge >= 0.3 is 12.0 Å². The van der Waals surface area contributed by atoms with E-state index >= 15 is 0 Å². The van der Waals surface area contributed by atoms with E-state index in [-0.39, 0.29) is 12.0 Å². The second kappa shape index (κ2) is 9.32. The van der Waals surface area contributed by atoms with Crippen LogP contribution in [-0.4, -0.2) is 25.7 Å². The Labute approximate surface area is 147 Å². The third-order valence-corrected chi connectivity index (χ3v) is 3.43. The van der Waals surface area contributed by atoms with Crippen LogP contribution in [0.4, 0.5) is 10.5 Å². The molecular formula is C19H22N2O4. The molecule has 2 N–H and O–H groups in total. The molecule has 6 nitrogen and oxygen atoms in total. The van der Waals surface area contributed by atoms with Crippen LogP contribution in [-0.2, 0) is 11.3 Å². The van der Waals surface area contributed by atoms with Gasteiger partial charge in [0.2, 0.25) is 0 Å². The summed E-state index contributed by atoms with van der Waals surface area (Å²) in [5.41, 5.74) is 1.96. The fraction of sp³-hybridized carbons (Fsp3) is 0.263. The predicted molar refractivity (Wildman–Crippen MR) is 95.9 cm³/mol. The maximum absolute atomic E-state index is 12.1. The van der Waals surface area contributed by atoms with Crippen molar-refractivity contribution in [1.82, 2.24) is 5.32 Å². The number of nitrogens with one attached hydrogen (secondary N) is 2. The SMILES string of the molecule is CCCOc1ccccc1NC(=O)NCc1ccc(C(=O)OC)cc1. The van der Waals surface area contributed by atoms with Gasteiger partial charge in [-0.15, -0.1) is 0 Å². The van der Waals surface area contributed by atoms with Crippen LogP contribution in [0.25, 0.3) is 0 Å². The Morgan fingerprint density at radius 3 is 2.44 bits per heavy atom. The van der Waals surface area contributed by atoms with Gasteiger partial charge < -0.3 is 20.1 Å². The molecule has 0 radical (unpaired) electrons. The van der Waals surface area contributed by atoms with E-state index in [0.29, 0.717) is 30.2 Å². The molecule has 0 atom stereocenters. The van der Waals surface area contributed by atoms with Gasteiger partial charge in [-0.3, -0.25) is 0 Å². The molecule has 6 heteroatoms. The summed E-state index contributed by atoms with van der Waals surface area (Å²) in [5, 5.41) is 5.55. The Kier molecular flexibility index (Phi) is 6.83. The van der Waals surface area contributed by atoms with E-state index in [1.807, 2.05) is 25.1 Å². The maximum atomic E-state index is 12.1. The summed E-state index contributed by atoms with van der Waals surface area (Å²) in [6.07, 6.45) is 0.891. The zero-order chi connectivity index (χ0) is 18.1. The molecule has 25 heavy (non-hydrogen) atoms. The number of rotatable bonds is 7. The van der Waals surface area contributed by atoms with Crippen LogP contribution in [0.1, 0.15) is 29.3 Å². The molecule has 0 aliphatic heterocycles. The first kappa shape index (κ1) is 18.3. The van der Waals surface area contributed by atoms with Crippen LogP contribution in [0.3, 0.4) is 0 Å². The maximum Gasteiger partial charge on any atom is 0.337 e. The van der Waals surface area contributed by atoms with E-state index in [0.717, 1.165) is 12.0 Å². The number of methoxy groups -OCH3 is 1. The first-order chi connectivity index (χ1) is 12.1. The Morgan fingerprint density at radius 2 is 1.76 bits per heavy atom. The largest absolute Gasteiger partial charge is 0.491 e. The molecule has 0 saturated carbocycles. The number of anilines is 1. The summed E-state index contributed by atoms with van der Waals surface area (Å²) < 4.78 is 10.3. The highest BCUT2D eigenvalue weighted by molar-refractivity contribution is 5.91. The van der Waals surface area contributed by atoms with Crippen molar-refractivity contribution in [2.24, 2.45) is 0 Å². The van der Waals surface area contributed by atoms with Crippen molar-refractivity contribution < 1.29 is 19.1 Å². The van der Waals surface area contributed by atoms with Gasteiger partial charge in [-0.1, -0.05) is 31.2 Å². The van der Waals surface area contributed by atoms with Gasteiger partial charge in [-0.25, -0.2) is 9.59 Å². The third kappa shape index (κ3) is 5.53. The van der Waals surface area contributed by atoms with Crippen LogP contribution >= 0.6 is 0 Å². The summed E-state index contributed by atoms with van der Waals surface area (Å²) in [6, 6.07) is 13.8. The Hall–Kier alpha value is -3.02. The molecule has 2 aromatic carbocycles. The molecule has 2 aromatic rings. The molecule has 0 spiro atoms. The molecule has 132 valence electrons. The Morgan fingerprint density at radius 1 is 1.04 bits per heavy atom. The molecule has 0 aliphatic rings. The fourth-order valence-corrected chi connectivity index (χ4v) is 2.13. The molecule has 2 rings (SSSR count). The second-order valence-electron chi connectivity index (χ2n) is 5.34. The quantitative estimate of drug-likeness (QED) is 0.754. The van der Waals surface area contributed by atoms with Crippen LogP contribution in [0.15, 0.2) is 48.5 Å². The van der Waals surface area contributed by atoms with Crippen molar-refractivity contribution in [3.63, 3.8) is 0 Å². The van der Waals surface area contributed by atoms with Crippen molar-refractivity contribution in [3.8, 4) is 5.75 Å². The standard InChI is InChI=1S/C19H22N2O4/c1-3-12-25-17-7-5-4-6-16(17)21-19(23)20-13-14-8-10-15(11-9-14)18(22)24-2/h4-11H,3,12-13H2,1-2H3,(H2,20,21,23). The smallest absolute Gasteiger partial charge is 0.337 e. The molecule has 0 saturated heterocycles. The Bertz CT molecular complexity index is 714. The molecule has 0 aromatic heterocycles. The fourth-order valence-electron chi connectivity index (χ4n) is 2.13. The monoisotopic (exact) mass is 342 g/mol. The van der Waals surface area contributed by atoms with Gasteiger partial charge in [0, 0.05) is 6.54 Å². The number of benzene rings is 2. The number of amides is 2. The average molecular weight is 342 g/mol. The summed E-state index contributed by atoms with van der Waals surface area (Å²) in [5.74, 6) is 0.253. The van der Waals surface area contributed by atoms with Gasteiger partial charge in [0.1, 0.15) is 5.75 Å². The minimum atomic E-state index is -0.388. The molecule has 0 bridgehead atoms. The highest BCUT2D eigenvalue weighted by atomic mass is 16.5. The number of hydrogen-bond donors (Lipinski definition) is 2. The van der Waals surface area contributed by atoms with Gasteiger partial charge in [0.25, 0.3) is 0 Å². The lowest BCUT2D eigenvalue weighted by Crippen LogP contribution is -2.28. The van der Waals surface area contributed by atoms with Gasteiger partial charge in [-0.05, 0) is 36.2 Å². The lowest BCUT2D eigenvalue weighted by atomic mass is 10.1. The van der Waals surface area contributed by atoms with Crippen LogP contribution < -0.4 is 15.4 Å². The van der Waals surface area contributed by atoms with Gasteiger partial charge in [0.15, 0.2) is 0 Å². The highest BCUT2D eigenvalue weighted by Crippen LogP contribution is 2.23. The van der Waals surface area contributed by atoms with Crippen molar-refractivity contribution >= 4 is 17.7 Å². The first-order valence-corrected chi connectivity index (χ1v) is 8.08. The van der Waals surface area contributed by atoms with Crippen molar-refractivity contribution in [2.75, 3.05) is 19.0 Å². The number of para-hydroxylation sites is 2. The van der Waals surface area contributed by atoms with Gasteiger partial charge in [-0.2, -0.15) is 0 Å². The summed E-state index contributed by atoms with van der Waals surface area (Å²) in [4.78, 5) is 23.5. The summed E-state index contributed by atoms with van der Waals surface area (Å²) in [6.45, 7) is 2.95. The molecule has 0 unspecified atom stereocenters. The number of esters is 1. The van der Waals surface area contributed by atoms with Crippen LogP contribution in [0, 0.1) is 0 Å². The van der Waals surface area contributed by atoms with E-state index in [2.05, 4.69) is 15.4 Å². The van der Waals surface area contributed by atoms with E-state index in [4.69, 9.17) is 4.74 Å². The van der Waals surface area contributed by atoms with Gasteiger partial charge in [0.05, 0.1) is 25.0 Å². The number of hydrogen-bond acceptors (Lipinski definition) is 4. The van der Waals surface area contributed by atoms with Crippen molar-refractivity contribution in [3.05, 3.63) is 59.7 Å². The Balaban J connectivity index is 1.89. The average Bonchev–Trinajstić information content (AvgIpc) is 2.65. The second-order valence-corrected chi connectivity index (χ2v) is 5.34. The lowest BCUT2D eigenvalue weighted by molar-refractivity contribution is 0.0600. The van der Waals surface area contributed by atoms with Crippen molar-refractivity contribution in [1.29, 1.82) is 0 Å². The third-order valence-electron chi connectivity index (χ3n) is 3.43. The zero-order valence-corrected chi connectivity index (χ0v) is 14.4. The number of urea groups is 1. The van der Waals surface area contributed by atoms with Crippen LogP contribution in [0.5, 0.6) is 5.75 Å². The highest BCUT2D eigenvalue weighted by Gasteiger charge is 2.08. The molecule has 0 aliphatic carbocycles. The first-order valence-electron chi connectivity index (χ1n) is 8.08. The molecule has 0 fully saturated rings. The van der Waals surface area contributed by atoms with E-state index in [9.17, 15) is 9.59 Å². The zero-order valence-electron chi connectivity index (χ0n) is 14.4. The predicted octanol–water partition coefficient (Wildman–Crippen LogP) is 3.58. The van der Waals surface area contributed by atoms with Crippen molar-refractivity contribution in [2.45, 2.75) is 19.9 Å². The topological polar surface area (TPSA) is 76.7 Å². The minimum Gasteiger partial charge on any atom is -0.491 e. The molecule has 0 heterocycles.